The van der Waals surface area contributed by atoms with E-state index in [0.717, 1.165) is 44.7 Å². The average Bonchev–Trinajstić information content (AvgIpc) is 3.57. The van der Waals surface area contributed by atoms with Gasteiger partial charge in [0.25, 0.3) is 0 Å². The molecule has 5 heterocycles. The van der Waals surface area contributed by atoms with Crippen LogP contribution < -0.4 is 0 Å². The molecule has 0 saturated heterocycles. The van der Waals surface area contributed by atoms with Crippen molar-refractivity contribution in [2.24, 2.45) is 12.2 Å². The van der Waals surface area contributed by atoms with E-state index < -0.39 is 0 Å². The van der Waals surface area contributed by atoms with Crippen molar-refractivity contribution >= 4 is 16.7 Å². The monoisotopic (exact) mass is 462 g/mol. The first kappa shape index (κ1) is 21.3. The zero-order chi connectivity index (χ0) is 23.9. The lowest BCUT2D eigenvalue weighted by molar-refractivity contribution is 0.0904. The highest BCUT2D eigenvalue weighted by molar-refractivity contribution is 5.95. The summed E-state index contributed by atoms with van der Waals surface area (Å²) in [5.74, 6) is 0.0714. The van der Waals surface area contributed by atoms with E-state index >= 15 is 0 Å². The normalized spacial score (nSPS) is 18.4. The average molecular weight is 463 g/mol. The van der Waals surface area contributed by atoms with Crippen molar-refractivity contribution < 1.29 is 4.84 Å². The smallest absolute Gasteiger partial charge is 0.137 e. The van der Waals surface area contributed by atoms with Gasteiger partial charge in [0.05, 0.1) is 34.6 Å². The predicted octanol–water partition coefficient (Wildman–Crippen LogP) is 5.35. The molecular weight excluding hydrogens is 436 g/mol. The summed E-state index contributed by atoms with van der Waals surface area (Å²) >= 11 is 0. The summed E-state index contributed by atoms with van der Waals surface area (Å²) in [5.41, 5.74) is 8.21. The molecule has 7 nitrogen and oxygen atoms in total. The van der Waals surface area contributed by atoms with Crippen LogP contribution in [0.25, 0.3) is 22.2 Å². The minimum atomic E-state index is -0.116. The molecule has 5 aromatic rings. The van der Waals surface area contributed by atoms with Crippen molar-refractivity contribution in [3.05, 3.63) is 102 Å². The number of benzene rings is 1. The lowest BCUT2D eigenvalue weighted by atomic mass is 9.92. The summed E-state index contributed by atoms with van der Waals surface area (Å²) in [7, 11) is 1.93. The molecule has 0 N–H and O–H groups in total. The fourth-order valence-electron chi connectivity index (χ4n) is 5.08. The molecule has 1 aliphatic rings. The van der Waals surface area contributed by atoms with E-state index in [9.17, 15) is 0 Å². The maximum Gasteiger partial charge on any atom is 0.137 e. The van der Waals surface area contributed by atoms with Crippen molar-refractivity contribution in [3.8, 4) is 11.1 Å². The number of oxime groups is 1. The molecular formula is C28H26N6O. The van der Waals surface area contributed by atoms with Gasteiger partial charge in [0, 0.05) is 43.0 Å². The molecule has 6 rings (SSSR count). The van der Waals surface area contributed by atoms with Crippen molar-refractivity contribution in [1.82, 2.24) is 24.3 Å². The van der Waals surface area contributed by atoms with Crippen molar-refractivity contribution in [1.29, 1.82) is 0 Å². The second-order valence-corrected chi connectivity index (χ2v) is 9.08. The zero-order valence-corrected chi connectivity index (χ0v) is 19.9. The van der Waals surface area contributed by atoms with Crippen LogP contribution in [0.3, 0.4) is 0 Å². The van der Waals surface area contributed by atoms with E-state index in [0.29, 0.717) is 0 Å². The Morgan fingerprint density at radius 1 is 0.971 bits per heavy atom. The molecule has 0 bridgehead atoms. The van der Waals surface area contributed by atoms with E-state index in [2.05, 4.69) is 64.3 Å². The van der Waals surface area contributed by atoms with Crippen LogP contribution in [0.15, 0.2) is 90.7 Å². The molecule has 0 amide bonds. The molecule has 0 saturated carbocycles. The minimum absolute atomic E-state index is 0.0313. The van der Waals surface area contributed by atoms with Gasteiger partial charge in [-0.15, -0.1) is 0 Å². The Labute approximate surface area is 203 Å². The minimum Gasteiger partial charge on any atom is -0.392 e. The standard InChI is InChI=1S/C28H26N6O/c1-18-26(19(2)35-32-18)21-13-25-27(30-14-21)23(22-15-31-33(3)16-22)17-34(25)28(20-9-5-4-6-10-20)24-11-7-8-12-29-24/h4-17,19,26,28H,1-3H3/t19?,26?,28-/m0/s1. The lowest BCUT2D eigenvalue weighted by Gasteiger charge is -2.21. The van der Waals surface area contributed by atoms with Crippen LogP contribution >= 0.6 is 0 Å². The first-order valence-electron chi connectivity index (χ1n) is 11.8. The molecule has 3 atom stereocenters. The fourth-order valence-corrected chi connectivity index (χ4v) is 5.08. The second-order valence-electron chi connectivity index (χ2n) is 9.08. The van der Waals surface area contributed by atoms with Crippen LogP contribution in [0.5, 0.6) is 0 Å². The van der Waals surface area contributed by atoms with Crippen molar-refractivity contribution in [3.63, 3.8) is 0 Å². The van der Waals surface area contributed by atoms with Crippen LogP contribution in [0.1, 0.15) is 42.6 Å². The third kappa shape index (κ3) is 3.69. The summed E-state index contributed by atoms with van der Waals surface area (Å²) in [6.07, 6.45) is 9.86. The Morgan fingerprint density at radius 3 is 2.49 bits per heavy atom. The topological polar surface area (TPSA) is 70.1 Å². The highest BCUT2D eigenvalue weighted by Gasteiger charge is 2.31. The zero-order valence-electron chi connectivity index (χ0n) is 19.9. The van der Waals surface area contributed by atoms with Gasteiger partial charge >= 0.3 is 0 Å². The Hall–Kier alpha value is -4.26. The number of aromatic nitrogens is 5. The SMILES string of the molecule is CC1=NOC(C)C1c1cnc2c(-c3cnn(C)c3)cn([C@@H](c3ccccc3)c3ccccn3)c2c1. The number of nitrogens with zero attached hydrogens (tertiary/aromatic N) is 6. The number of hydrogen-bond donors (Lipinski definition) is 0. The Bertz CT molecular complexity index is 1480. The van der Waals surface area contributed by atoms with E-state index in [1.165, 1.54) is 0 Å². The van der Waals surface area contributed by atoms with Gasteiger partial charge in [-0.1, -0.05) is 41.6 Å². The molecule has 4 aromatic heterocycles. The van der Waals surface area contributed by atoms with Gasteiger partial charge in [-0.05, 0) is 43.2 Å². The molecule has 0 fully saturated rings. The van der Waals surface area contributed by atoms with Crippen molar-refractivity contribution in [2.45, 2.75) is 31.9 Å². The van der Waals surface area contributed by atoms with Gasteiger partial charge in [-0.3, -0.25) is 14.6 Å². The summed E-state index contributed by atoms with van der Waals surface area (Å²) in [5, 5.41) is 8.63. The maximum absolute atomic E-state index is 5.57. The molecule has 0 aliphatic carbocycles. The van der Waals surface area contributed by atoms with E-state index in [1.807, 2.05) is 61.6 Å². The van der Waals surface area contributed by atoms with Gasteiger partial charge in [0.15, 0.2) is 0 Å². The Kier molecular flexibility index (Phi) is 5.17. The Balaban J connectivity index is 1.62. The fraction of sp³-hybridized carbons (Fsp3) is 0.214. The summed E-state index contributed by atoms with van der Waals surface area (Å²) < 4.78 is 4.11. The van der Waals surface area contributed by atoms with E-state index in [1.54, 1.807) is 0 Å². The second kappa shape index (κ2) is 8.51. The summed E-state index contributed by atoms with van der Waals surface area (Å²) in [6, 6.07) is 18.7. The van der Waals surface area contributed by atoms with Crippen LogP contribution in [-0.2, 0) is 11.9 Å². The first-order valence-corrected chi connectivity index (χ1v) is 11.8. The Morgan fingerprint density at radius 2 is 1.80 bits per heavy atom. The number of rotatable bonds is 5. The quantitative estimate of drug-likeness (QED) is 0.353. The van der Waals surface area contributed by atoms with Crippen LogP contribution in [-0.4, -0.2) is 36.1 Å². The number of pyridine rings is 2. The predicted molar refractivity (Wildman–Crippen MR) is 136 cm³/mol. The first-order chi connectivity index (χ1) is 17.1. The summed E-state index contributed by atoms with van der Waals surface area (Å²) in [4.78, 5) is 15.3. The molecule has 1 aliphatic heterocycles. The molecule has 35 heavy (non-hydrogen) atoms. The molecule has 1 aromatic carbocycles. The highest BCUT2D eigenvalue weighted by atomic mass is 16.6. The van der Waals surface area contributed by atoms with Gasteiger partial charge in [-0.25, -0.2) is 0 Å². The van der Waals surface area contributed by atoms with Gasteiger partial charge in [0.2, 0.25) is 0 Å². The molecule has 2 unspecified atom stereocenters. The van der Waals surface area contributed by atoms with Gasteiger partial charge in [-0.2, -0.15) is 5.10 Å². The lowest BCUT2D eigenvalue weighted by Crippen LogP contribution is -2.17. The van der Waals surface area contributed by atoms with E-state index in [-0.39, 0.29) is 18.1 Å². The molecule has 0 radical (unpaired) electrons. The largest absolute Gasteiger partial charge is 0.392 e. The third-order valence-electron chi connectivity index (χ3n) is 6.71. The van der Waals surface area contributed by atoms with Crippen LogP contribution in [0.2, 0.25) is 0 Å². The van der Waals surface area contributed by atoms with Crippen molar-refractivity contribution in [2.75, 3.05) is 0 Å². The van der Waals surface area contributed by atoms with Crippen LogP contribution in [0, 0.1) is 0 Å². The summed E-state index contributed by atoms with van der Waals surface area (Å²) in [6.45, 7) is 4.06. The molecule has 174 valence electrons. The molecule has 7 heteroatoms. The highest BCUT2D eigenvalue weighted by Crippen LogP contribution is 2.38. The number of hydrogen-bond acceptors (Lipinski definition) is 5. The number of fused-ring (bicyclic) bond motifs is 1. The molecule has 0 spiro atoms. The third-order valence-corrected chi connectivity index (χ3v) is 6.71. The number of aryl methyl sites for hydroxylation is 1. The van der Waals surface area contributed by atoms with Crippen LogP contribution in [0.4, 0.5) is 0 Å². The maximum atomic E-state index is 5.57. The van der Waals surface area contributed by atoms with Gasteiger partial charge < -0.3 is 9.40 Å². The van der Waals surface area contributed by atoms with Gasteiger partial charge in [0.1, 0.15) is 12.1 Å². The van der Waals surface area contributed by atoms with E-state index in [4.69, 9.17) is 14.8 Å².